The lowest BCUT2D eigenvalue weighted by Gasteiger charge is -2.20. The van der Waals surface area contributed by atoms with Gasteiger partial charge in [-0.2, -0.15) is 0 Å². The summed E-state index contributed by atoms with van der Waals surface area (Å²) in [6, 6.07) is 15.6. The van der Waals surface area contributed by atoms with Crippen LogP contribution in [0.4, 0.5) is 16.2 Å². The van der Waals surface area contributed by atoms with Crippen molar-refractivity contribution in [1.29, 1.82) is 0 Å². The number of amides is 2. The number of thioether (sulfide) groups is 1. The number of imide groups is 1. The molecule has 0 radical (unpaired) electrons. The van der Waals surface area contributed by atoms with E-state index in [2.05, 4.69) is 40.0 Å². The maximum Gasteiger partial charge on any atom is 0.295 e. The average Bonchev–Trinajstić information content (AvgIpc) is 2.96. The van der Waals surface area contributed by atoms with E-state index in [0.717, 1.165) is 46.3 Å². The fraction of sp³-hybridized carbons (Fsp3) is 0.238. The van der Waals surface area contributed by atoms with E-state index in [0.29, 0.717) is 4.91 Å². The molecule has 2 amide bonds. The van der Waals surface area contributed by atoms with Crippen LogP contribution in [0.15, 0.2) is 57.9 Å². The third-order valence-corrected chi connectivity index (χ3v) is 5.91. The van der Waals surface area contributed by atoms with Crippen LogP contribution in [0.5, 0.6) is 0 Å². The van der Waals surface area contributed by atoms with E-state index in [1.165, 1.54) is 4.90 Å². The van der Waals surface area contributed by atoms with Crippen molar-refractivity contribution >= 4 is 56.3 Å². The predicted octanol–water partition coefficient (Wildman–Crippen LogP) is 5.40. The summed E-state index contributed by atoms with van der Waals surface area (Å²) < 4.78 is 0.971. The quantitative estimate of drug-likeness (QED) is 0.561. The highest BCUT2D eigenvalue weighted by molar-refractivity contribution is 9.10. The van der Waals surface area contributed by atoms with Gasteiger partial charge in [-0.05, 0) is 73.6 Å². The van der Waals surface area contributed by atoms with Gasteiger partial charge >= 0.3 is 0 Å². The van der Waals surface area contributed by atoms with Crippen molar-refractivity contribution in [3.05, 3.63) is 63.5 Å². The minimum atomic E-state index is -0.271. The number of rotatable bonds is 7. The van der Waals surface area contributed by atoms with E-state index in [-0.39, 0.29) is 17.8 Å². The van der Waals surface area contributed by atoms with Gasteiger partial charge in [-0.3, -0.25) is 14.5 Å². The molecule has 146 valence electrons. The van der Waals surface area contributed by atoms with Gasteiger partial charge in [0.2, 0.25) is 0 Å². The van der Waals surface area contributed by atoms with Crippen molar-refractivity contribution in [2.45, 2.75) is 13.8 Å². The van der Waals surface area contributed by atoms with Crippen LogP contribution in [0, 0.1) is 0 Å². The lowest BCUT2D eigenvalue weighted by Crippen LogP contribution is -2.33. The van der Waals surface area contributed by atoms with Gasteiger partial charge in [0.25, 0.3) is 11.1 Å². The van der Waals surface area contributed by atoms with Gasteiger partial charge in [0, 0.05) is 28.9 Å². The molecule has 0 aromatic heterocycles. The molecule has 0 unspecified atom stereocenters. The monoisotopic (exact) mass is 459 g/mol. The Morgan fingerprint density at radius 3 is 2.29 bits per heavy atom. The van der Waals surface area contributed by atoms with Gasteiger partial charge in [0.15, 0.2) is 0 Å². The van der Waals surface area contributed by atoms with E-state index < -0.39 is 0 Å². The molecular formula is C21H22BrN3O2S. The Morgan fingerprint density at radius 2 is 1.68 bits per heavy atom. The summed E-state index contributed by atoms with van der Waals surface area (Å²) in [5.41, 5.74) is 2.90. The molecular weight excluding hydrogens is 438 g/mol. The molecule has 1 aliphatic heterocycles. The summed E-state index contributed by atoms with van der Waals surface area (Å²) in [6.45, 7) is 6.27. The Bertz CT molecular complexity index is 878. The summed E-state index contributed by atoms with van der Waals surface area (Å²) in [7, 11) is 0. The highest BCUT2D eigenvalue weighted by Crippen LogP contribution is 2.32. The fourth-order valence-corrected chi connectivity index (χ4v) is 4.00. The number of nitrogens with zero attached hydrogens (tertiary/aromatic N) is 2. The smallest absolute Gasteiger partial charge is 0.295 e. The van der Waals surface area contributed by atoms with Crippen molar-refractivity contribution in [2.75, 3.05) is 30.0 Å². The normalized spacial score (nSPS) is 15.4. The summed E-state index contributed by atoms with van der Waals surface area (Å²) in [5, 5.41) is 2.85. The second-order valence-corrected chi connectivity index (χ2v) is 8.12. The zero-order chi connectivity index (χ0) is 20.1. The third-order valence-electron chi connectivity index (χ3n) is 4.48. The van der Waals surface area contributed by atoms with Crippen LogP contribution in [0.3, 0.4) is 0 Å². The molecule has 2 aromatic rings. The number of carbonyl (C=O) groups is 2. The first-order valence-corrected chi connectivity index (χ1v) is 10.7. The molecule has 1 saturated heterocycles. The van der Waals surface area contributed by atoms with E-state index in [9.17, 15) is 9.59 Å². The molecule has 1 aliphatic rings. The van der Waals surface area contributed by atoms with Crippen molar-refractivity contribution in [3.63, 3.8) is 0 Å². The molecule has 0 atom stereocenters. The van der Waals surface area contributed by atoms with E-state index >= 15 is 0 Å². The summed E-state index contributed by atoms with van der Waals surface area (Å²) in [6.07, 6.45) is 1.77. The maximum absolute atomic E-state index is 12.6. The minimum absolute atomic E-state index is 0.143. The highest BCUT2D eigenvalue weighted by Gasteiger charge is 2.34. The number of anilines is 2. The van der Waals surface area contributed by atoms with Gasteiger partial charge in [0.1, 0.15) is 0 Å². The molecule has 28 heavy (non-hydrogen) atoms. The second kappa shape index (κ2) is 9.30. The summed E-state index contributed by atoms with van der Waals surface area (Å²) in [5.74, 6) is -0.271. The van der Waals surface area contributed by atoms with Crippen LogP contribution < -0.4 is 10.2 Å². The van der Waals surface area contributed by atoms with Gasteiger partial charge < -0.3 is 10.2 Å². The van der Waals surface area contributed by atoms with Crippen LogP contribution in [0.25, 0.3) is 6.08 Å². The molecule has 1 heterocycles. The first-order chi connectivity index (χ1) is 13.5. The van der Waals surface area contributed by atoms with Gasteiger partial charge in [0.05, 0.1) is 11.6 Å². The molecule has 0 bridgehead atoms. The summed E-state index contributed by atoms with van der Waals surface area (Å²) in [4.78, 5) is 28.8. The van der Waals surface area contributed by atoms with Crippen molar-refractivity contribution < 1.29 is 9.59 Å². The van der Waals surface area contributed by atoms with Crippen molar-refractivity contribution in [1.82, 2.24) is 4.90 Å². The van der Waals surface area contributed by atoms with Crippen LogP contribution in [0.1, 0.15) is 19.4 Å². The van der Waals surface area contributed by atoms with E-state index in [4.69, 9.17) is 0 Å². The van der Waals surface area contributed by atoms with E-state index in [1.54, 1.807) is 6.08 Å². The van der Waals surface area contributed by atoms with Gasteiger partial charge in [-0.15, -0.1) is 0 Å². The molecule has 0 spiro atoms. The first kappa shape index (κ1) is 20.5. The van der Waals surface area contributed by atoms with Crippen molar-refractivity contribution in [2.24, 2.45) is 0 Å². The van der Waals surface area contributed by atoms with Crippen LogP contribution in [0.2, 0.25) is 0 Å². The Hall–Kier alpha value is -2.25. The SMILES string of the molecule is CCN(CC)c1ccc(C=C2SC(=O)N(CNc3ccc(Br)cc3)C2=O)cc1. The molecule has 0 aliphatic carbocycles. The lowest BCUT2D eigenvalue weighted by atomic mass is 10.1. The van der Waals surface area contributed by atoms with Crippen LogP contribution in [-0.4, -0.2) is 35.8 Å². The van der Waals surface area contributed by atoms with Crippen LogP contribution in [-0.2, 0) is 4.79 Å². The molecule has 5 nitrogen and oxygen atoms in total. The fourth-order valence-electron chi connectivity index (χ4n) is 2.90. The Balaban J connectivity index is 1.67. The molecule has 7 heteroatoms. The number of carbonyl (C=O) groups excluding carboxylic acids is 2. The number of hydrogen-bond donors (Lipinski definition) is 1. The Kier molecular flexibility index (Phi) is 6.80. The molecule has 0 saturated carbocycles. The van der Waals surface area contributed by atoms with Crippen molar-refractivity contribution in [3.8, 4) is 0 Å². The molecule has 2 aromatic carbocycles. The second-order valence-electron chi connectivity index (χ2n) is 6.22. The zero-order valence-electron chi connectivity index (χ0n) is 15.8. The Morgan fingerprint density at radius 1 is 1.04 bits per heavy atom. The molecule has 1 N–H and O–H groups in total. The maximum atomic E-state index is 12.6. The van der Waals surface area contributed by atoms with Gasteiger partial charge in [-0.1, -0.05) is 28.1 Å². The van der Waals surface area contributed by atoms with Crippen LogP contribution >= 0.6 is 27.7 Å². The number of hydrogen-bond acceptors (Lipinski definition) is 5. The molecule has 1 fully saturated rings. The summed E-state index contributed by atoms with van der Waals surface area (Å²) >= 11 is 4.36. The topological polar surface area (TPSA) is 52.7 Å². The largest absolute Gasteiger partial charge is 0.372 e. The predicted molar refractivity (Wildman–Crippen MR) is 120 cm³/mol. The number of halogens is 1. The number of nitrogens with one attached hydrogen (secondary N) is 1. The zero-order valence-corrected chi connectivity index (χ0v) is 18.2. The third kappa shape index (κ3) is 4.77. The first-order valence-electron chi connectivity index (χ1n) is 9.11. The highest BCUT2D eigenvalue weighted by atomic mass is 79.9. The standard InChI is InChI=1S/C21H22BrN3O2S/c1-3-24(4-2)18-11-5-15(6-12-18)13-19-20(26)25(21(27)28-19)14-23-17-9-7-16(22)8-10-17/h5-13,23H,3-4,14H2,1-2H3. The average molecular weight is 460 g/mol. The molecule has 3 rings (SSSR count). The minimum Gasteiger partial charge on any atom is -0.372 e. The lowest BCUT2D eigenvalue weighted by molar-refractivity contribution is -0.122. The Labute approximate surface area is 177 Å². The number of benzene rings is 2. The van der Waals surface area contributed by atoms with E-state index in [1.807, 2.05) is 48.5 Å². The van der Waals surface area contributed by atoms with Gasteiger partial charge in [-0.25, -0.2) is 0 Å².